The highest BCUT2D eigenvalue weighted by atomic mass is 19.1. The summed E-state index contributed by atoms with van der Waals surface area (Å²) >= 11 is 0. The number of benzene rings is 4. The number of rotatable bonds is 16. The van der Waals surface area contributed by atoms with Crippen molar-refractivity contribution < 1.29 is 8.78 Å². The summed E-state index contributed by atoms with van der Waals surface area (Å²) in [6, 6.07) is 22.4. The molecule has 0 bridgehead atoms. The van der Waals surface area contributed by atoms with Gasteiger partial charge in [-0.3, -0.25) is 0 Å². The molecule has 1 aliphatic rings. The summed E-state index contributed by atoms with van der Waals surface area (Å²) in [5.74, 6) is 0.815. The number of fused-ring (bicyclic) bond motifs is 5. The molecule has 0 aliphatic heterocycles. The van der Waals surface area contributed by atoms with Gasteiger partial charge in [0.1, 0.15) is 23.3 Å². The van der Waals surface area contributed by atoms with E-state index in [1.807, 2.05) is 12.1 Å². The fourth-order valence-electron chi connectivity index (χ4n) is 8.12. The van der Waals surface area contributed by atoms with Crippen molar-refractivity contribution in [3.8, 4) is 33.9 Å². The molecule has 1 aliphatic carbocycles. The molecule has 0 fully saturated rings. The van der Waals surface area contributed by atoms with Crippen molar-refractivity contribution in [2.75, 3.05) is 0 Å². The third-order valence-corrected chi connectivity index (χ3v) is 10.7. The maximum Gasteiger partial charge on any atom is 0.138 e. The summed E-state index contributed by atoms with van der Waals surface area (Å²) in [5.41, 5.74) is 10.2. The highest BCUT2D eigenvalue weighted by Gasteiger charge is 2.43. The quantitative estimate of drug-likeness (QED) is 0.102. The Morgan fingerprint density at radius 1 is 0.531 bits per heavy atom. The van der Waals surface area contributed by atoms with Crippen LogP contribution in [0.2, 0.25) is 0 Å². The Labute approximate surface area is 288 Å². The first-order valence-corrected chi connectivity index (χ1v) is 18.6. The Balaban J connectivity index is 1.35. The third kappa shape index (κ3) is 6.79. The normalized spacial score (nSPS) is 13.4. The number of imidazole rings is 2. The summed E-state index contributed by atoms with van der Waals surface area (Å²) in [6.07, 6.45) is 17.2. The molecule has 6 heteroatoms. The minimum absolute atomic E-state index is 0.142. The lowest BCUT2D eigenvalue weighted by Gasteiger charge is -2.33. The van der Waals surface area contributed by atoms with E-state index in [1.54, 1.807) is 12.1 Å². The third-order valence-electron chi connectivity index (χ3n) is 10.7. The Hall–Kier alpha value is -4.32. The second kappa shape index (κ2) is 14.7. The zero-order chi connectivity index (χ0) is 33.8. The number of hydrogen-bond donors (Lipinski definition) is 2. The van der Waals surface area contributed by atoms with Crippen LogP contribution in [0.4, 0.5) is 8.78 Å². The van der Waals surface area contributed by atoms with Gasteiger partial charge in [-0.25, -0.2) is 18.7 Å². The smallest absolute Gasteiger partial charge is 0.138 e. The number of hydrogen-bond acceptors (Lipinski definition) is 2. The lowest BCUT2D eigenvalue weighted by atomic mass is 9.70. The van der Waals surface area contributed by atoms with E-state index >= 15 is 0 Å². The molecule has 0 atom stereocenters. The van der Waals surface area contributed by atoms with Gasteiger partial charge >= 0.3 is 0 Å². The molecule has 0 saturated heterocycles. The Bertz CT molecular complexity index is 1910. The van der Waals surface area contributed by atoms with Crippen LogP contribution in [0.25, 0.3) is 56.0 Å². The first-order chi connectivity index (χ1) is 24.0. The highest BCUT2D eigenvalue weighted by molar-refractivity contribution is 5.96. The van der Waals surface area contributed by atoms with Crippen LogP contribution in [-0.2, 0) is 5.41 Å². The summed E-state index contributed by atoms with van der Waals surface area (Å²) in [5, 5.41) is 0. The van der Waals surface area contributed by atoms with Gasteiger partial charge in [0, 0.05) is 16.5 Å². The first kappa shape index (κ1) is 33.2. The van der Waals surface area contributed by atoms with Crippen molar-refractivity contribution in [3.05, 3.63) is 95.6 Å². The molecule has 0 spiro atoms. The van der Waals surface area contributed by atoms with E-state index < -0.39 is 0 Å². The van der Waals surface area contributed by atoms with E-state index in [2.05, 4.69) is 48.1 Å². The predicted molar refractivity (Wildman–Crippen MR) is 199 cm³/mol. The van der Waals surface area contributed by atoms with Crippen LogP contribution in [-0.4, -0.2) is 19.9 Å². The van der Waals surface area contributed by atoms with Crippen LogP contribution < -0.4 is 0 Å². The van der Waals surface area contributed by atoms with Crippen molar-refractivity contribution in [3.63, 3.8) is 0 Å². The monoisotopic (exact) mass is 658 g/mol. The Morgan fingerprint density at radius 3 is 1.39 bits per heavy atom. The maximum absolute atomic E-state index is 14.2. The van der Waals surface area contributed by atoms with Crippen molar-refractivity contribution in [1.29, 1.82) is 0 Å². The van der Waals surface area contributed by atoms with Gasteiger partial charge in [-0.2, -0.15) is 0 Å². The van der Waals surface area contributed by atoms with E-state index in [4.69, 9.17) is 9.97 Å². The summed E-state index contributed by atoms with van der Waals surface area (Å²) in [7, 11) is 0. The van der Waals surface area contributed by atoms with Gasteiger partial charge in [0.2, 0.25) is 0 Å². The van der Waals surface area contributed by atoms with Crippen molar-refractivity contribution >= 4 is 22.1 Å². The zero-order valence-electron chi connectivity index (χ0n) is 29.0. The van der Waals surface area contributed by atoms with Crippen LogP contribution in [0.1, 0.15) is 115 Å². The maximum atomic E-state index is 14.2. The predicted octanol–water partition coefficient (Wildman–Crippen LogP) is 12.8. The molecule has 0 saturated carbocycles. The second-order valence-electron chi connectivity index (χ2n) is 14.1. The number of nitrogens with one attached hydrogen (secondary N) is 2. The first-order valence-electron chi connectivity index (χ1n) is 18.6. The molecule has 0 unspecified atom stereocenters. The van der Waals surface area contributed by atoms with Crippen molar-refractivity contribution in [1.82, 2.24) is 19.9 Å². The van der Waals surface area contributed by atoms with E-state index in [-0.39, 0.29) is 17.0 Å². The Morgan fingerprint density at radius 2 is 0.959 bits per heavy atom. The van der Waals surface area contributed by atoms with Gasteiger partial charge in [-0.15, -0.1) is 0 Å². The average molecular weight is 659 g/mol. The Kier molecular flexibility index (Phi) is 9.93. The molecule has 7 rings (SSSR count). The minimum Gasteiger partial charge on any atom is -0.338 e. The summed E-state index contributed by atoms with van der Waals surface area (Å²) in [6.45, 7) is 4.54. The van der Waals surface area contributed by atoms with E-state index in [0.29, 0.717) is 11.6 Å². The SMILES string of the molecule is CCCCCCCCC1(CCCCCCCC)c2cc3[nH]c(-c4cccc(F)c4)nc3cc2-c2cc3nc(-c4cccc(F)c4)[nH]c3cc21. The second-order valence-corrected chi connectivity index (χ2v) is 14.1. The molecule has 49 heavy (non-hydrogen) atoms. The lowest BCUT2D eigenvalue weighted by Crippen LogP contribution is -2.25. The van der Waals surface area contributed by atoms with Gasteiger partial charge in [0.15, 0.2) is 0 Å². The largest absolute Gasteiger partial charge is 0.338 e. The molecule has 0 amide bonds. The zero-order valence-corrected chi connectivity index (χ0v) is 29.0. The molecule has 4 nitrogen and oxygen atoms in total. The van der Waals surface area contributed by atoms with E-state index in [1.165, 1.54) is 124 Å². The summed E-state index contributed by atoms with van der Waals surface area (Å²) < 4.78 is 28.4. The van der Waals surface area contributed by atoms with Gasteiger partial charge in [-0.05, 0) is 83.6 Å². The fourth-order valence-corrected chi connectivity index (χ4v) is 8.12. The van der Waals surface area contributed by atoms with Gasteiger partial charge in [0.25, 0.3) is 0 Å². The summed E-state index contributed by atoms with van der Waals surface area (Å²) in [4.78, 5) is 17.0. The number of halogens is 2. The number of unbranched alkanes of at least 4 members (excludes halogenated alkanes) is 10. The molecule has 6 aromatic rings. The molecular weight excluding hydrogens is 610 g/mol. The highest BCUT2D eigenvalue weighted by Crippen LogP contribution is 2.56. The molecule has 2 heterocycles. The van der Waals surface area contributed by atoms with Crippen LogP contribution in [0.5, 0.6) is 0 Å². The van der Waals surface area contributed by atoms with Crippen molar-refractivity contribution in [2.24, 2.45) is 0 Å². The van der Waals surface area contributed by atoms with Crippen LogP contribution in [0.3, 0.4) is 0 Å². The molecule has 2 aromatic heterocycles. The van der Waals surface area contributed by atoms with Crippen LogP contribution >= 0.6 is 0 Å². The average Bonchev–Trinajstić information content (AvgIpc) is 3.79. The lowest BCUT2D eigenvalue weighted by molar-refractivity contribution is 0.398. The van der Waals surface area contributed by atoms with Crippen LogP contribution in [0.15, 0.2) is 72.8 Å². The van der Waals surface area contributed by atoms with Gasteiger partial charge < -0.3 is 9.97 Å². The molecule has 4 aromatic carbocycles. The fraction of sp³-hybridized carbons (Fsp3) is 0.395. The van der Waals surface area contributed by atoms with Crippen LogP contribution in [0, 0.1) is 11.6 Å². The molecule has 2 N–H and O–H groups in total. The topological polar surface area (TPSA) is 57.4 Å². The number of aromatic amines is 2. The molecular formula is C43H48F2N4. The minimum atomic E-state index is -0.271. The standard InChI is InChI=1S/C43H48F2N4/c1-3-5-7-9-11-13-21-43(22-14-12-10-8-6-4-2)35-27-39-37(46-41(48-39)29-17-15-19-31(44)23-29)25-33(35)34-26-38-40(28-36(34)43)49-42(47-38)30-18-16-20-32(45)24-30/h15-20,23-28H,3-14,21-22H2,1-2H3,(H,46,48)(H,47,49). The molecule has 0 radical (unpaired) electrons. The number of H-pyrrole nitrogens is 2. The van der Waals surface area contributed by atoms with E-state index in [9.17, 15) is 8.78 Å². The number of aromatic nitrogens is 4. The number of nitrogens with zero attached hydrogens (tertiary/aromatic N) is 2. The van der Waals surface area contributed by atoms with Gasteiger partial charge in [0.05, 0.1) is 22.1 Å². The van der Waals surface area contributed by atoms with Gasteiger partial charge in [-0.1, -0.05) is 115 Å². The van der Waals surface area contributed by atoms with E-state index in [0.717, 1.165) is 46.0 Å². The molecule has 254 valence electrons. The van der Waals surface area contributed by atoms with Crippen molar-refractivity contribution in [2.45, 2.75) is 109 Å².